The molecule has 2 rings (SSSR count). The number of aryl methyl sites for hydroxylation is 1. The number of hydrogen-bond acceptors (Lipinski definition) is 4. The molecule has 1 amide bonds. The van der Waals surface area contributed by atoms with Crippen molar-refractivity contribution in [1.29, 1.82) is 0 Å². The van der Waals surface area contributed by atoms with Crippen LogP contribution in [-0.4, -0.2) is 28.9 Å². The minimum absolute atomic E-state index is 0.313. The molecule has 6 heteroatoms. The van der Waals surface area contributed by atoms with Crippen LogP contribution >= 0.6 is 0 Å². The molecule has 6 nitrogen and oxygen atoms in total. The van der Waals surface area contributed by atoms with Gasteiger partial charge in [-0.15, -0.1) is 0 Å². The maximum Gasteiger partial charge on any atom is 0.291 e. The summed E-state index contributed by atoms with van der Waals surface area (Å²) in [6.45, 7) is 4.59. The largest absolute Gasteiger partial charge is 0.494 e. The molecule has 0 radical (unpaired) electrons. The fraction of sp³-hybridized carbons (Fsp3) is 0.267. The fourth-order valence-corrected chi connectivity index (χ4v) is 1.63. The average Bonchev–Trinajstić information content (AvgIpc) is 2.93. The molecule has 2 N–H and O–H groups in total. The van der Waals surface area contributed by atoms with Crippen molar-refractivity contribution in [2.45, 2.75) is 20.3 Å². The van der Waals surface area contributed by atoms with Gasteiger partial charge in [-0.2, -0.15) is 10.2 Å². The van der Waals surface area contributed by atoms with Gasteiger partial charge in [0.15, 0.2) is 5.69 Å². The Balaban J connectivity index is 1.87. The monoisotopic (exact) mass is 286 g/mol. The van der Waals surface area contributed by atoms with Crippen LogP contribution in [0, 0.1) is 6.92 Å². The number of hydrogen-bond donors (Lipinski definition) is 2. The molecule has 1 aromatic carbocycles. The number of nitrogens with one attached hydrogen (secondary N) is 2. The van der Waals surface area contributed by atoms with Crippen LogP contribution in [0.15, 0.2) is 35.4 Å². The van der Waals surface area contributed by atoms with Gasteiger partial charge in [-0.1, -0.05) is 6.92 Å². The van der Waals surface area contributed by atoms with Gasteiger partial charge in [-0.25, -0.2) is 5.43 Å². The van der Waals surface area contributed by atoms with Gasteiger partial charge in [0.1, 0.15) is 5.75 Å². The summed E-state index contributed by atoms with van der Waals surface area (Å²) in [6.07, 6.45) is 2.54. The highest BCUT2D eigenvalue weighted by Crippen LogP contribution is 2.11. The van der Waals surface area contributed by atoms with Gasteiger partial charge in [0.2, 0.25) is 0 Å². The van der Waals surface area contributed by atoms with E-state index in [1.54, 1.807) is 12.3 Å². The van der Waals surface area contributed by atoms with E-state index in [4.69, 9.17) is 4.74 Å². The summed E-state index contributed by atoms with van der Waals surface area (Å²) in [7, 11) is 0. The summed E-state index contributed by atoms with van der Waals surface area (Å²) >= 11 is 0. The summed E-state index contributed by atoms with van der Waals surface area (Å²) < 4.78 is 5.49. The number of amides is 1. The first-order valence-corrected chi connectivity index (χ1v) is 6.77. The second kappa shape index (κ2) is 7.23. The topological polar surface area (TPSA) is 79.4 Å². The predicted octanol–water partition coefficient (Wildman–Crippen LogP) is 2.27. The maximum absolute atomic E-state index is 11.7. The van der Waals surface area contributed by atoms with Gasteiger partial charge in [-0.05, 0) is 49.2 Å². The number of ether oxygens (including phenoxy) is 1. The Bertz CT molecular complexity index is 617. The third kappa shape index (κ3) is 4.45. The van der Waals surface area contributed by atoms with Crippen molar-refractivity contribution in [3.63, 3.8) is 0 Å². The molecule has 0 spiro atoms. The first-order chi connectivity index (χ1) is 10.2. The Labute approximate surface area is 123 Å². The fourth-order valence-electron chi connectivity index (χ4n) is 1.63. The zero-order valence-corrected chi connectivity index (χ0v) is 12.1. The molecule has 1 heterocycles. The summed E-state index contributed by atoms with van der Waals surface area (Å²) in [5, 5.41) is 10.5. The Morgan fingerprint density at radius 3 is 2.81 bits per heavy atom. The van der Waals surface area contributed by atoms with E-state index < -0.39 is 0 Å². The lowest BCUT2D eigenvalue weighted by Crippen LogP contribution is -2.17. The van der Waals surface area contributed by atoms with Gasteiger partial charge >= 0.3 is 0 Å². The van der Waals surface area contributed by atoms with E-state index in [1.807, 2.05) is 31.2 Å². The lowest BCUT2D eigenvalue weighted by molar-refractivity contribution is 0.0950. The Hall–Kier alpha value is -2.63. The van der Waals surface area contributed by atoms with Crippen LogP contribution in [0.2, 0.25) is 0 Å². The number of carbonyl (C=O) groups is 1. The predicted molar refractivity (Wildman–Crippen MR) is 80.6 cm³/mol. The molecule has 1 aromatic heterocycles. The molecule has 110 valence electrons. The standard InChI is InChI=1S/C15H18N4O2/c1-3-8-21-13-6-4-12(5-7-13)10-16-19-15(20)14-9-11(2)17-18-14/h4-7,9-10H,3,8H2,1-2H3,(H,17,18)(H,19,20)/b16-10-. The molecule has 2 aromatic rings. The van der Waals surface area contributed by atoms with Crippen LogP contribution in [0.5, 0.6) is 5.75 Å². The highest BCUT2D eigenvalue weighted by atomic mass is 16.5. The number of carbonyl (C=O) groups excluding carboxylic acids is 1. The maximum atomic E-state index is 11.7. The molecule has 0 saturated heterocycles. The van der Waals surface area contributed by atoms with E-state index >= 15 is 0 Å². The van der Waals surface area contributed by atoms with Gasteiger partial charge in [0.25, 0.3) is 5.91 Å². The molecular weight excluding hydrogens is 268 g/mol. The van der Waals surface area contributed by atoms with Crippen molar-refractivity contribution in [3.8, 4) is 5.75 Å². The zero-order valence-electron chi connectivity index (χ0n) is 12.1. The van der Waals surface area contributed by atoms with Crippen LogP contribution in [0.4, 0.5) is 0 Å². The quantitative estimate of drug-likeness (QED) is 0.631. The van der Waals surface area contributed by atoms with Crippen LogP contribution in [0.3, 0.4) is 0 Å². The van der Waals surface area contributed by atoms with E-state index in [1.165, 1.54) is 0 Å². The third-order valence-electron chi connectivity index (χ3n) is 2.67. The molecule has 0 aliphatic rings. The molecule has 0 aliphatic carbocycles. The van der Waals surface area contributed by atoms with Crippen molar-refractivity contribution < 1.29 is 9.53 Å². The normalized spacial score (nSPS) is 10.8. The smallest absolute Gasteiger partial charge is 0.291 e. The Morgan fingerprint density at radius 2 is 2.19 bits per heavy atom. The van der Waals surface area contributed by atoms with E-state index in [-0.39, 0.29) is 5.91 Å². The lowest BCUT2D eigenvalue weighted by atomic mass is 10.2. The molecule has 0 fully saturated rings. The summed E-state index contributed by atoms with van der Waals surface area (Å²) in [5.74, 6) is 0.475. The molecule has 0 aliphatic heterocycles. The van der Waals surface area contributed by atoms with Gasteiger partial charge in [0.05, 0.1) is 12.8 Å². The summed E-state index contributed by atoms with van der Waals surface area (Å²) in [6, 6.07) is 9.15. The Kier molecular flexibility index (Phi) is 5.09. The minimum atomic E-state index is -0.349. The number of hydrazone groups is 1. The van der Waals surface area contributed by atoms with Crippen LogP contribution < -0.4 is 10.2 Å². The summed E-state index contributed by atoms with van der Waals surface area (Å²) in [5.41, 5.74) is 4.44. The van der Waals surface area contributed by atoms with Crippen LogP contribution in [-0.2, 0) is 0 Å². The number of benzene rings is 1. The number of aromatic nitrogens is 2. The van der Waals surface area contributed by atoms with Crippen molar-refractivity contribution in [3.05, 3.63) is 47.3 Å². The lowest BCUT2D eigenvalue weighted by Gasteiger charge is -2.03. The van der Waals surface area contributed by atoms with E-state index in [2.05, 4.69) is 27.6 Å². The highest BCUT2D eigenvalue weighted by Gasteiger charge is 2.07. The number of aromatic amines is 1. The van der Waals surface area contributed by atoms with E-state index in [0.717, 1.165) is 23.4 Å². The van der Waals surface area contributed by atoms with Crippen molar-refractivity contribution >= 4 is 12.1 Å². The second-order valence-corrected chi connectivity index (χ2v) is 4.55. The van der Waals surface area contributed by atoms with Crippen molar-refractivity contribution in [2.24, 2.45) is 5.10 Å². The zero-order chi connectivity index (χ0) is 15.1. The summed E-state index contributed by atoms with van der Waals surface area (Å²) in [4.78, 5) is 11.7. The van der Waals surface area contributed by atoms with Crippen molar-refractivity contribution in [2.75, 3.05) is 6.61 Å². The van der Waals surface area contributed by atoms with Crippen LogP contribution in [0.1, 0.15) is 35.1 Å². The number of nitrogens with zero attached hydrogens (tertiary/aromatic N) is 2. The molecule has 0 unspecified atom stereocenters. The van der Waals surface area contributed by atoms with E-state index in [0.29, 0.717) is 12.3 Å². The third-order valence-corrected chi connectivity index (χ3v) is 2.67. The van der Waals surface area contributed by atoms with Crippen LogP contribution in [0.25, 0.3) is 0 Å². The van der Waals surface area contributed by atoms with Gasteiger partial charge in [-0.3, -0.25) is 9.89 Å². The molecule has 0 bridgehead atoms. The van der Waals surface area contributed by atoms with Gasteiger partial charge in [0, 0.05) is 5.69 Å². The molecular formula is C15H18N4O2. The molecule has 0 saturated carbocycles. The first-order valence-electron chi connectivity index (χ1n) is 6.77. The average molecular weight is 286 g/mol. The second-order valence-electron chi connectivity index (χ2n) is 4.55. The van der Waals surface area contributed by atoms with Crippen molar-refractivity contribution in [1.82, 2.24) is 15.6 Å². The van der Waals surface area contributed by atoms with E-state index in [9.17, 15) is 4.79 Å². The Morgan fingerprint density at radius 1 is 1.43 bits per heavy atom. The van der Waals surface area contributed by atoms with Gasteiger partial charge < -0.3 is 4.74 Å². The minimum Gasteiger partial charge on any atom is -0.494 e. The number of rotatable bonds is 6. The molecule has 21 heavy (non-hydrogen) atoms. The highest BCUT2D eigenvalue weighted by molar-refractivity contribution is 5.93. The SMILES string of the molecule is CCCOc1ccc(/C=N\NC(=O)c2cc(C)[nH]n2)cc1. The first kappa shape index (κ1) is 14.8. The molecule has 0 atom stereocenters. The number of H-pyrrole nitrogens is 1.